The second-order valence-corrected chi connectivity index (χ2v) is 8.50. The van der Waals surface area contributed by atoms with E-state index in [1.54, 1.807) is 0 Å². The Kier molecular flexibility index (Phi) is 8.76. The summed E-state index contributed by atoms with van der Waals surface area (Å²) in [4.78, 5) is 5.01. The molecule has 2 aromatic carbocycles. The SMILES string of the molecule is CCCOc1ccc(OCc2c(OC(C)C)cc(-c3c(CC)cccc3CC)nc2C)cc1. The zero-order valence-corrected chi connectivity index (χ0v) is 20.9. The van der Waals surface area contributed by atoms with Crippen molar-refractivity contribution in [1.82, 2.24) is 4.98 Å². The van der Waals surface area contributed by atoms with Gasteiger partial charge in [0.05, 0.1) is 24.0 Å². The molecule has 0 bridgehead atoms. The summed E-state index contributed by atoms with van der Waals surface area (Å²) in [6.45, 7) is 13.7. The van der Waals surface area contributed by atoms with Gasteiger partial charge in [0.2, 0.25) is 0 Å². The molecule has 0 N–H and O–H groups in total. The molecule has 3 aromatic rings. The predicted octanol–water partition coefficient (Wildman–Crippen LogP) is 7.34. The van der Waals surface area contributed by atoms with Crippen molar-refractivity contribution in [2.24, 2.45) is 0 Å². The minimum absolute atomic E-state index is 0.0560. The van der Waals surface area contributed by atoms with Crippen LogP contribution in [0.4, 0.5) is 0 Å². The Labute approximate surface area is 198 Å². The van der Waals surface area contributed by atoms with Crippen LogP contribution in [0.15, 0.2) is 48.5 Å². The van der Waals surface area contributed by atoms with Crippen molar-refractivity contribution in [1.29, 1.82) is 0 Å². The summed E-state index contributed by atoms with van der Waals surface area (Å²) in [6, 6.07) is 16.4. The molecule has 33 heavy (non-hydrogen) atoms. The Morgan fingerprint density at radius 3 is 2.00 bits per heavy atom. The molecule has 0 saturated carbocycles. The summed E-state index contributed by atoms with van der Waals surface area (Å²) >= 11 is 0. The first-order valence-corrected chi connectivity index (χ1v) is 12.1. The number of rotatable bonds is 11. The van der Waals surface area contributed by atoms with Gasteiger partial charge in [-0.3, -0.25) is 4.98 Å². The average molecular weight is 448 g/mol. The number of hydrogen-bond acceptors (Lipinski definition) is 4. The maximum atomic E-state index is 6.25. The molecule has 0 unspecified atom stereocenters. The lowest BCUT2D eigenvalue weighted by molar-refractivity contribution is 0.229. The summed E-state index contributed by atoms with van der Waals surface area (Å²) in [5.41, 5.74) is 6.73. The molecule has 4 heteroatoms. The molecule has 1 heterocycles. The van der Waals surface area contributed by atoms with Crippen LogP contribution in [-0.2, 0) is 19.4 Å². The lowest BCUT2D eigenvalue weighted by Gasteiger charge is -2.20. The quantitative estimate of drug-likeness (QED) is 0.308. The zero-order chi connectivity index (χ0) is 23.8. The minimum atomic E-state index is 0.0560. The van der Waals surface area contributed by atoms with E-state index in [0.717, 1.165) is 53.5 Å². The molecular weight excluding hydrogens is 410 g/mol. The standard InChI is InChI=1S/C29H37NO3/c1-7-17-31-24-13-15-25(16-14-24)32-19-26-21(6)30-27(18-28(26)33-20(4)5)29-22(8-2)11-10-12-23(29)9-3/h10-16,18,20H,7-9,17,19H2,1-6H3. The number of aryl methyl sites for hydroxylation is 3. The summed E-state index contributed by atoms with van der Waals surface area (Å²) in [6.07, 6.45) is 2.97. The van der Waals surface area contributed by atoms with Crippen molar-refractivity contribution in [2.45, 2.75) is 73.5 Å². The topological polar surface area (TPSA) is 40.6 Å². The van der Waals surface area contributed by atoms with E-state index < -0.39 is 0 Å². The molecule has 176 valence electrons. The van der Waals surface area contributed by atoms with Crippen molar-refractivity contribution in [3.8, 4) is 28.5 Å². The highest BCUT2D eigenvalue weighted by Crippen LogP contribution is 2.34. The van der Waals surface area contributed by atoms with E-state index in [2.05, 4.69) is 45.0 Å². The normalized spacial score (nSPS) is 11.0. The van der Waals surface area contributed by atoms with Crippen molar-refractivity contribution < 1.29 is 14.2 Å². The van der Waals surface area contributed by atoms with Crippen LogP contribution in [0.3, 0.4) is 0 Å². The molecule has 4 nitrogen and oxygen atoms in total. The third-order valence-corrected chi connectivity index (χ3v) is 5.59. The highest BCUT2D eigenvalue weighted by atomic mass is 16.5. The number of aromatic nitrogens is 1. The highest BCUT2D eigenvalue weighted by Gasteiger charge is 2.17. The van der Waals surface area contributed by atoms with Crippen LogP contribution in [-0.4, -0.2) is 17.7 Å². The third kappa shape index (κ3) is 6.28. The number of hydrogen-bond donors (Lipinski definition) is 0. The van der Waals surface area contributed by atoms with Gasteiger partial charge in [-0.1, -0.05) is 39.0 Å². The molecule has 1 aromatic heterocycles. The van der Waals surface area contributed by atoms with Crippen molar-refractivity contribution in [3.63, 3.8) is 0 Å². The van der Waals surface area contributed by atoms with Crippen LogP contribution in [0.25, 0.3) is 11.3 Å². The van der Waals surface area contributed by atoms with Gasteiger partial charge >= 0.3 is 0 Å². The van der Waals surface area contributed by atoms with E-state index in [1.165, 1.54) is 16.7 Å². The van der Waals surface area contributed by atoms with E-state index in [0.29, 0.717) is 13.2 Å². The Balaban J connectivity index is 1.92. The Morgan fingerprint density at radius 1 is 0.848 bits per heavy atom. The van der Waals surface area contributed by atoms with Gasteiger partial charge in [-0.2, -0.15) is 0 Å². The molecule has 0 aliphatic heterocycles. The summed E-state index contributed by atoms with van der Waals surface area (Å²) in [5.74, 6) is 2.49. The second kappa shape index (κ2) is 11.7. The third-order valence-electron chi connectivity index (χ3n) is 5.59. The number of benzene rings is 2. The fourth-order valence-corrected chi connectivity index (χ4v) is 3.91. The Hall–Kier alpha value is -3.01. The summed E-state index contributed by atoms with van der Waals surface area (Å²) in [7, 11) is 0. The lowest BCUT2D eigenvalue weighted by atomic mass is 9.94. The van der Waals surface area contributed by atoms with E-state index in [9.17, 15) is 0 Å². The molecule has 0 atom stereocenters. The molecule has 0 saturated heterocycles. The molecular formula is C29H37NO3. The van der Waals surface area contributed by atoms with Gasteiger partial charge in [0.25, 0.3) is 0 Å². The fourth-order valence-electron chi connectivity index (χ4n) is 3.91. The first-order valence-electron chi connectivity index (χ1n) is 12.1. The molecule has 0 aliphatic rings. The molecule has 3 rings (SSSR count). The van der Waals surface area contributed by atoms with Gasteiger partial charge in [-0.15, -0.1) is 0 Å². The van der Waals surface area contributed by atoms with Gasteiger partial charge < -0.3 is 14.2 Å². The van der Waals surface area contributed by atoms with Gasteiger partial charge in [-0.05, 0) is 75.4 Å². The van der Waals surface area contributed by atoms with Crippen molar-refractivity contribution in [2.75, 3.05) is 6.61 Å². The van der Waals surface area contributed by atoms with Gasteiger partial charge in [-0.25, -0.2) is 0 Å². The van der Waals surface area contributed by atoms with Gasteiger partial charge in [0.15, 0.2) is 0 Å². The molecule has 0 aliphatic carbocycles. The Morgan fingerprint density at radius 2 is 1.45 bits per heavy atom. The van der Waals surface area contributed by atoms with Crippen molar-refractivity contribution in [3.05, 3.63) is 70.9 Å². The first-order chi connectivity index (χ1) is 16.0. The lowest BCUT2D eigenvalue weighted by Crippen LogP contribution is -2.11. The Bertz CT molecular complexity index is 1020. The monoisotopic (exact) mass is 447 g/mol. The molecule has 0 radical (unpaired) electrons. The van der Waals surface area contributed by atoms with Crippen molar-refractivity contribution >= 4 is 0 Å². The minimum Gasteiger partial charge on any atom is -0.494 e. The zero-order valence-electron chi connectivity index (χ0n) is 20.9. The maximum absolute atomic E-state index is 6.25. The molecule has 0 amide bonds. The number of nitrogens with zero attached hydrogens (tertiary/aromatic N) is 1. The van der Waals surface area contributed by atoms with E-state index >= 15 is 0 Å². The highest BCUT2D eigenvalue weighted by molar-refractivity contribution is 5.70. The smallest absolute Gasteiger partial charge is 0.130 e. The van der Waals surface area contributed by atoms with Crippen LogP contribution in [0, 0.1) is 6.92 Å². The van der Waals surface area contributed by atoms with Crippen LogP contribution >= 0.6 is 0 Å². The van der Waals surface area contributed by atoms with Crippen LogP contribution in [0.2, 0.25) is 0 Å². The van der Waals surface area contributed by atoms with Crippen LogP contribution < -0.4 is 14.2 Å². The summed E-state index contributed by atoms with van der Waals surface area (Å²) in [5, 5.41) is 0. The fraction of sp³-hybridized carbons (Fsp3) is 0.414. The van der Waals surface area contributed by atoms with Gasteiger partial charge in [0, 0.05) is 17.3 Å². The van der Waals surface area contributed by atoms with E-state index in [1.807, 2.05) is 45.0 Å². The van der Waals surface area contributed by atoms with E-state index in [-0.39, 0.29) is 6.10 Å². The largest absolute Gasteiger partial charge is 0.494 e. The summed E-state index contributed by atoms with van der Waals surface area (Å²) < 4.78 is 18.0. The van der Waals surface area contributed by atoms with Crippen LogP contribution in [0.5, 0.6) is 17.2 Å². The van der Waals surface area contributed by atoms with Gasteiger partial charge in [0.1, 0.15) is 23.9 Å². The predicted molar refractivity (Wildman–Crippen MR) is 135 cm³/mol. The first kappa shape index (κ1) is 24.6. The second-order valence-electron chi connectivity index (χ2n) is 8.50. The maximum Gasteiger partial charge on any atom is 0.130 e. The molecule has 0 spiro atoms. The number of pyridine rings is 1. The average Bonchev–Trinajstić information content (AvgIpc) is 2.81. The van der Waals surface area contributed by atoms with E-state index in [4.69, 9.17) is 19.2 Å². The van der Waals surface area contributed by atoms with Crippen LogP contribution in [0.1, 0.15) is 63.4 Å². The molecule has 0 fully saturated rings. The number of ether oxygens (including phenoxy) is 3.